The number of oxazole rings is 2. The molecule has 56 heavy (non-hydrogen) atoms. The molecule has 0 unspecified atom stereocenters. The lowest BCUT2D eigenvalue weighted by atomic mass is 10.0. The third kappa shape index (κ3) is 5.43. The number of fused-ring (bicyclic) bond motifs is 5. The molecule has 0 saturated heterocycles. The Kier molecular flexibility index (Phi) is 7.38. The number of aromatic nitrogens is 3. The molecule has 0 radical (unpaired) electrons. The molecule has 0 fully saturated rings. The highest BCUT2D eigenvalue weighted by Crippen LogP contribution is 2.39. The van der Waals surface area contributed by atoms with Crippen molar-refractivity contribution >= 4 is 61.1 Å². The van der Waals surface area contributed by atoms with Crippen LogP contribution in [0.5, 0.6) is 0 Å². The molecule has 0 aliphatic heterocycles. The molecule has 8 aromatic carbocycles. The fraction of sp³-hybridized carbons (Fsp3) is 0. The molecule has 0 bridgehead atoms. The van der Waals surface area contributed by atoms with Crippen LogP contribution in [0.2, 0.25) is 0 Å². The molecule has 0 saturated carbocycles. The molecule has 6 heteroatoms. The molecule has 3 aromatic heterocycles. The number of benzene rings is 8. The van der Waals surface area contributed by atoms with E-state index in [0.717, 1.165) is 83.6 Å². The van der Waals surface area contributed by atoms with Gasteiger partial charge in [-0.2, -0.15) is 0 Å². The van der Waals surface area contributed by atoms with Gasteiger partial charge in [0.2, 0.25) is 11.8 Å². The lowest BCUT2D eigenvalue weighted by Crippen LogP contribution is -2.09. The van der Waals surface area contributed by atoms with Gasteiger partial charge in [0.05, 0.1) is 11.0 Å². The van der Waals surface area contributed by atoms with E-state index in [1.165, 1.54) is 5.39 Å². The maximum Gasteiger partial charge on any atom is 0.227 e. The lowest BCUT2D eigenvalue weighted by Gasteiger charge is -2.26. The summed E-state index contributed by atoms with van der Waals surface area (Å²) in [7, 11) is 0. The summed E-state index contributed by atoms with van der Waals surface area (Å²) in [4.78, 5) is 11.7. The number of para-hydroxylation sites is 6. The predicted octanol–water partition coefficient (Wildman–Crippen LogP) is 13.5. The van der Waals surface area contributed by atoms with E-state index in [1.54, 1.807) is 0 Å². The minimum absolute atomic E-state index is 0.611. The zero-order valence-corrected chi connectivity index (χ0v) is 30.1. The van der Waals surface area contributed by atoms with E-state index >= 15 is 0 Å². The van der Waals surface area contributed by atoms with Gasteiger partial charge < -0.3 is 18.3 Å². The fourth-order valence-electron chi connectivity index (χ4n) is 7.78. The highest BCUT2D eigenvalue weighted by atomic mass is 16.4. The first-order chi connectivity index (χ1) is 27.7. The van der Waals surface area contributed by atoms with Gasteiger partial charge in [-0.05, 0) is 120 Å². The molecular formula is C50H32N4O2. The topological polar surface area (TPSA) is 60.2 Å². The highest BCUT2D eigenvalue weighted by Gasteiger charge is 2.17. The van der Waals surface area contributed by atoms with E-state index in [2.05, 4.69) is 149 Å². The first-order valence-corrected chi connectivity index (χ1v) is 18.6. The second-order valence-electron chi connectivity index (χ2n) is 13.9. The molecule has 11 aromatic rings. The van der Waals surface area contributed by atoms with Crippen molar-refractivity contribution in [2.75, 3.05) is 4.90 Å². The van der Waals surface area contributed by atoms with Gasteiger partial charge in [0.25, 0.3) is 0 Å². The van der Waals surface area contributed by atoms with Gasteiger partial charge in [-0.3, -0.25) is 0 Å². The van der Waals surface area contributed by atoms with Crippen molar-refractivity contribution < 1.29 is 8.83 Å². The van der Waals surface area contributed by atoms with E-state index in [1.807, 2.05) is 54.6 Å². The van der Waals surface area contributed by atoms with Crippen molar-refractivity contribution in [3.63, 3.8) is 0 Å². The molecule has 0 spiro atoms. The normalized spacial score (nSPS) is 11.6. The number of anilines is 3. The van der Waals surface area contributed by atoms with Gasteiger partial charge >= 0.3 is 0 Å². The Hall–Kier alpha value is -7.70. The molecule has 0 amide bonds. The molecule has 0 aliphatic rings. The summed E-state index contributed by atoms with van der Waals surface area (Å²) in [5.41, 5.74) is 14.0. The monoisotopic (exact) mass is 720 g/mol. The summed E-state index contributed by atoms with van der Waals surface area (Å²) in [6, 6.07) is 67.2. The van der Waals surface area contributed by atoms with Crippen LogP contribution in [-0.2, 0) is 0 Å². The van der Waals surface area contributed by atoms with Crippen molar-refractivity contribution in [1.29, 1.82) is 0 Å². The summed E-state index contributed by atoms with van der Waals surface area (Å²) in [5.74, 6) is 1.24. The quantitative estimate of drug-likeness (QED) is 0.164. The Morgan fingerprint density at radius 3 is 1.68 bits per heavy atom. The van der Waals surface area contributed by atoms with Crippen molar-refractivity contribution in [3.8, 4) is 39.7 Å². The second-order valence-corrected chi connectivity index (χ2v) is 13.9. The Bertz CT molecular complexity index is 3130. The molecule has 264 valence electrons. The van der Waals surface area contributed by atoms with Crippen LogP contribution in [0, 0.1) is 0 Å². The average molecular weight is 721 g/mol. The predicted molar refractivity (Wildman–Crippen MR) is 227 cm³/mol. The van der Waals surface area contributed by atoms with Crippen LogP contribution in [0.4, 0.5) is 17.1 Å². The summed E-state index contributed by atoms with van der Waals surface area (Å²) in [6.07, 6.45) is 0. The maximum atomic E-state index is 6.14. The van der Waals surface area contributed by atoms with Crippen LogP contribution >= 0.6 is 0 Å². The van der Waals surface area contributed by atoms with Gasteiger partial charge in [-0.15, -0.1) is 0 Å². The van der Waals surface area contributed by atoms with Crippen LogP contribution in [-0.4, -0.2) is 14.5 Å². The largest absolute Gasteiger partial charge is 0.436 e. The van der Waals surface area contributed by atoms with Crippen LogP contribution in [0.15, 0.2) is 203 Å². The fourth-order valence-corrected chi connectivity index (χ4v) is 7.78. The summed E-state index contributed by atoms with van der Waals surface area (Å²) >= 11 is 0. The van der Waals surface area contributed by atoms with Crippen LogP contribution in [0.1, 0.15) is 0 Å². The standard InChI is InChI=1S/C50H32N4O2/c1-2-12-37(13-3-1)53(38-28-23-34(24-29-38)49-51-43-16-5-8-19-47(43)55-49)40-14-10-11-35(31-40)33-21-26-39(27-22-33)54-45-18-7-4-15-41(45)42-32-36(25-30-46(42)54)50-52-44-17-6-9-20-48(44)56-50/h1-32H. The zero-order chi connectivity index (χ0) is 37.0. The van der Waals surface area contributed by atoms with E-state index in [0.29, 0.717) is 11.8 Å². The third-order valence-corrected chi connectivity index (χ3v) is 10.5. The van der Waals surface area contributed by atoms with Gasteiger partial charge in [0.1, 0.15) is 11.0 Å². The van der Waals surface area contributed by atoms with Crippen LogP contribution in [0.3, 0.4) is 0 Å². The molecule has 3 heterocycles. The molecule has 0 N–H and O–H groups in total. The van der Waals surface area contributed by atoms with Gasteiger partial charge in [0, 0.05) is 44.6 Å². The SMILES string of the molecule is c1ccc(N(c2ccc(-c3nc4ccccc4o3)cc2)c2cccc(-c3ccc(-n4c5ccccc5c5cc(-c6nc7ccccc7o6)ccc54)cc3)c2)cc1. The number of nitrogens with zero attached hydrogens (tertiary/aromatic N) is 4. The zero-order valence-electron chi connectivity index (χ0n) is 30.1. The summed E-state index contributed by atoms with van der Waals surface area (Å²) < 4.78 is 14.5. The first-order valence-electron chi connectivity index (χ1n) is 18.6. The summed E-state index contributed by atoms with van der Waals surface area (Å²) in [6.45, 7) is 0. The van der Waals surface area contributed by atoms with Crippen molar-refractivity contribution in [3.05, 3.63) is 194 Å². The Balaban J connectivity index is 0.940. The van der Waals surface area contributed by atoms with Crippen LogP contribution < -0.4 is 4.90 Å². The molecule has 0 atom stereocenters. The number of rotatable bonds is 7. The van der Waals surface area contributed by atoms with Gasteiger partial charge in [-0.25, -0.2) is 9.97 Å². The Morgan fingerprint density at radius 2 is 0.946 bits per heavy atom. The first kappa shape index (κ1) is 31.8. The highest BCUT2D eigenvalue weighted by molar-refractivity contribution is 6.10. The van der Waals surface area contributed by atoms with E-state index in [9.17, 15) is 0 Å². The van der Waals surface area contributed by atoms with E-state index in [-0.39, 0.29) is 0 Å². The lowest BCUT2D eigenvalue weighted by molar-refractivity contribution is 0.619. The smallest absolute Gasteiger partial charge is 0.227 e. The van der Waals surface area contributed by atoms with Crippen molar-refractivity contribution in [2.24, 2.45) is 0 Å². The van der Waals surface area contributed by atoms with Crippen molar-refractivity contribution in [1.82, 2.24) is 14.5 Å². The Labute approximate surface area is 322 Å². The van der Waals surface area contributed by atoms with Gasteiger partial charge in [-0.1, -0.05) is 84.9 Å². The second kappa shape index (κ2) is 13.0. The Morgan fingerprint density at radius 1 is 0.375 bits per heavy atom. The number of hydrogen-bond acceptors (Lipinski definition) is 5. The van der Waals surface area contributed by atoms with Crippen molar-refractivity contribution in [2.45, 2.75) is 0 Å². The number of hydrogen-bond donors (Lipinski definition) is 0. The molecule has 6 nitrogen and oxygen atoms in total. The average Bonchev–Trinajstić information content (AvgIpc) is 3.99. The third-order valence-electron chi connectivity index (χ3n) is 10.5. The molecule has 0 aliphatic carbocycles. The van der Waals surface area contributed by atoms with Gasteiger partial charge in [0.15, 0.2) is 11.2 Å². The molecular weight excluding hydrogens is 689 g/mol. The van der Waals surface area contributed by atoms with Crippen LogP contribution in [0.25, 0.3) is 83.7 Å². The van der Waals surface area contributed by atoms with E-state index < -0.39 is 0 Å². The maximum absolute atomic E-state index is 6.14. The molecule has 11 rings (SSSR count). The minimum atomic E-state index is 0.611. The van der Waals surface area contributed by atoms with E-state index in [4.69, 9.17) is 18.8 Å². The minimum Gasteiger partial charge on any atom is -0.436 e. The summed E-state index contributed by atoms with van der Waals surface area (Å²) in [5, 5.41) is 2.33.